The summed E-state index contributed by atoms with van der Waals surface area (Å²) in [4.78, 5) is 22.9. The summed E-state index contributed by atoms with van der Waals surface area (Å²) >= 11 is 0. The first-order valence-corrected chi connectivity index (χ1v) is 9.16. The van der Waals surface area contributed by atoms with Gasteiger partial charge in [0.25, 0.3) is 0 Å². The number of fused-ring (bicyclic) bond motifs is 1. The lowest BCUT2D eigenvalue weighted by molar-refractivity contribution is 0.0697. The molecule has 0 spiro atoms. The van der Waals surface area contributed by atoms with E-state index in [1.807, 2.05) is 18.2 Å². The molecule has 4 rings (SSSR count). The van der Waals surface area contributed by atoms with Crippen LogP contribution in [0.3, 0.4) is 0 Å². The SMILES string of the molecule is CN1CCC(c2nc(Nc3ccc(C(=O)O)cc3)nc3ccccc23)CC1. The molecule has 0 atom stereocenters. The van der Waals surface area contributed by atoms with E-state index in [0.717, 1.165) is 48.2 Å². The van der Waals surface area contributed by atoms with Gasteiger partial charge in [-0.3, -0.25) is 0 Å². The van der Waals surface area contributed by atoms with E-state index < -0.39 is 5.97 Å². The maximum absolute atomic E-state index is 11.0. The summed E-state index contributed by atoms with van der Waals surface area (Å²) in [6.45, 7) is 2.14. The van der Waals surface area contributed by atoms with E-state index in [1.165, 1.54) is 0 Å². The van der Waals surface area contributed by atoms with Crippen LogP contribution in [0.15, 0.2) is 48.5 Å². The number of aromatic nitrogens is 2. The van der Waals surface area contributed by atoms with E-state index in [2.05, 4.69) is 28.3 Å². The molecule has 1 aliphatic rings. The minimum atomic E-state index is -0.937. The van der Waals surface area contributed by atoms with Gasteiger partial charge in [0.1, 0.15) is 0 Å². The molecule has 6 nitrogen and oxygen atoms in total. The number of carboxylic acids is 1. The topological polar surface area (TPSA) is 78.4 Å². The number of hydrogen-bond donors (Lipinski definition) is 2. The van der Waals surface area contributed by atoms with E-state index in [1.54, 1.807) is 24.3 Å². The van der Waals surface area contributed by atoms with Gasteiger partial charge in [0, 0.05) is 17.0 Å². The molecule has 0 saturated carbocycles. The largest absolute Gasteiger partial charge is 0.478 e. The van der Waals surface area contributed by atoms with Crippen LogP contribution in [-0.2, 0) is 0 Å². The molecule has 0 amide bonds. The predicted molar refractivity (Wildman–Crippen MR) is 106 cm³/mol. The van der Waals surface area contributed by atoms with Crippen molar-refractivity contribution in [3.05, 3.63) is 59.8 Å². The van der Waals surface area contributed by atoms with Gasteiger partial charge in [0.15, 0.2) is 0 Å². The average Bonchev–Trinajstić information content (AvgIpc) is 2.68. The summed E-state index contributed by atoms with van der Waals surface area (Å²) in [6, 6.07) is 14.7. The van der Waals surface area contributed by atoms with Gasteiger partial charge in [-0.2, -0.15) is 0 Å². The van der Waals surface area contributed by atoms with E-state index in [-0.39, 0.29) is 5.56 Å². The lowest BCUT2D eigenvalue weighted by Gasteiger charge is -2.29. The number of anilines is 2. The summed E-state index contributed by atoms with van der Waals surface area (Å²) in [5, 5.41) is 13.4. The third-order valence-electron chi connectivity index (χ3n) is 5.13. The van der Waals surface area contributed by atoms with Crippen LogP contribution in [0.2, 0.25) is 0 Å². The molecule has 0 radical (unpaired) electrons. The van der Waals surface area contributed by atoms with E-state index in [9.17, 15) is 4.79 Å². The first-order chi connectivity index (χ1) is 13.1. The summed E-state index contributed by atoms with van der Waals surface area (Å²) in [7, 11) is 2.15. The van der Waals surface area contributed by atoms with Crippen molar-refractivity contribution >= 4 is 28.5 Å². The van der Waals surface area contributed by atoms with Crippen molar-refractivity contribution in [2.45, 2.75) is 18.8 Å². The fourth-order valence-electron chi connectivity index (χ4n) is 3.58. The van der Waals surface area contributed by atoms with Gasteiger partial charge in [-0.25, -0.2) is 14.8 Å². The highest BCUT2D eigenvalue weighted by molar-refractivity contribution is 5.88. The third kappa shape index (κ3) is 3.75. The molecule has 3 aromatic rings. The van der Waals surface area contributed by atoms with Crippen LogP contribution in [0.5, 0.6) is 0 Å². The normalized spacial score (nSPS) is 15.7. The lowest BCUT2D eigenvalue weighted by Crippen LogP contribution is -2.29. The number of nitrogens with zero attached hydrogens (tertiary/aromatic N) is 3. The molecule has 6 heteroatoms. The van der Waals surface area contributed by atoms with Crippen molar-refractivity contribution in [1.82, 2.24) is 14.9 Å². The van der Waals surface area contributed by atoms with E-state index in [4.69, 9.17) is 10.1 Å². The summed E-state index contributed by atoms with van der Waals surface area (Å²) in [5.41, 5.74) is 3.04. The van der Waals surface area contributed by atoms with Crippen LogP contribution >= 0.6 is 0 Å². The molecule has 2 N–H and O–H groups in total. The molecule has 1 fully saturated rings. The highest BCUT2D eigenvalue weighted by atomic mass is 16.4. The summed E-state index contributed by atoms with van der Waals surface area (Å²) < 4.78 is 0. The number of likely N-dealkylation sites (tertiary alicyclic amines) is 1. The first-order valence-electron chi connectivity index (χ1n) is 9.16. The monoisotopic (exact) mass is 362 g/mol. The lowest BCUT2D eigenvalue weighted by atomic mass is 9.91. The Hall–Kier alpha value is -2.99. The molecular formula is C21H22N4O2. The molecule has 1 aliphatic heterocycles. The molecular weight excluding hydrogens is 340 g/mol. The maximum Gasteiger partial charge on any atom is 0.335 e. The minimum Gasteiger partial charge on any atom is -0.478 e. The molecule has 2 aromatic carbocycles. The molecule has 2 heterocycles. The molecule has 0 unspecified atom stereocenters. The number of rotatable bonds is 4. The average molecular weight is 362 g/mol. The maximum atomic E-state index is 11.0. The zero-order valence-electron chi connectivity index (χ0n) is 15.2. The van der Waals surface area contributed by atoms with Crippen LogP contribution in [0, 0.1) is 0 Å². The van der Waals surface area contributed by atoms with Crippen molar-refractivity contribution < 1.29 is 9.90 Å². The summed E-state index contributed by atoms with van der Waals surface area (Å²) in [5.74, 6) is 0.0304. The van der Waals surface area contributed by atoms with Gasteiger partial charge >= 0.3 is 5.97 Å². The fourth-order valence-corrected chi connectivity index (χ4v) is 3.58. The zero-order valence-corrected chi connectivity index (χ0v) is 15.2. The predicted octanol–water partition coefficient (Wildman–Crippen LogP) is 3.88. The van der Waals surface area contributed by atoms with E-state index >= 15 is 0 Å². The number of piperidine rings is 1. The van der Waals surface area contributed by atoms with Gasteiger partial charge in [-0.15, -0.1) is 0 Å². The number of aromatic carboxylic acids is 1. The highest BCUT2D eigenvalue weighted by Gasteiger charge is 2.22. The third-order valence-corrected chi connectivity index (χ3v) is 5.13. The first kappa shape index (κ1) is 17.4. The van der Waals surface area contributed by atoms with Crippen LogP contribution in [-0.4, -0.2) is 46.1 Å². The molecule has 0 bridgehead atoms. The van der Waals surface area contributed by atoms with Gasteiger partial charge in [-0.1, -0.05) is 18.2 Å². The quantitative estimate of drug-likeness (QED) is 0.733. The van der Waals surface area contributed by atoms with Crippen LogP contribution in [0.4, 0.5) is 11.6 Å². The zero-order chi connectivity index (χ0) is 18.8. The van der Waals surface area contributed by atoms with Crippen LogP contribution in [0.1, 0.15) is 34.8 Å². The second-order valence-corrected chi connectivity index (χ2v) is 7.03. The Kier molecular flexibility index (Phi) is 4.73. The smallest absolute Gasteiger partial charge is 0.335 e. The summed E-state index contributed by atoms with van der Waals surface area (Å²) in [6.07, 6.45) is 2.18. The minimum absolute atomic E-state index is 0.256. The highest BCUT2D eigenvalue weighted by Crippen LogP contribution is 2.32. The Balaban J connectivity index is 1.67. The van der Waals surface area contributed by atoms with Gasteiger partial charge in [0.2, 0.25) is 5.95 Å². The van der Waals surface area contributed by atoms with Gasteiger partial charge < -0.3 is 15.3 Å². The Bertz CT molecular complexity index is 964. The number of carboxylic acid groups (broad SMARTS) is 1. The number of carbonyl (C=O) groups is 1. The van der Waals surface area contributed by atoms with Gasteiger partial charge in [-0.05, 0) is 63.3 Å². The van der Waals surface area contributed by atoms with Crippen molar-refractivity contribution in [1.29, 1.82) is 0 Å². The molecule has 27 heavy (non-hydrogen) atoms. The second-order valence-electron chi connectivity index (χ2n) is 7.03. The van der Waals surface area contributed by atoms with Gasteiger partial charge in [0.05, 0.1) is 16.8 Å². The van der Waals surface area contributed by atoms with Crippen molar-refractivity contribution in [2.24, 2.45) is 0 Å². The van der Waals surface area contributed by atoms with Crippen molar-refractivity contribution in [3.63, 3.8) is 0 Å². The Morgan fingerprint density at radius 1 is 1.07 bits per heavy atom. The fraction of sp³-hybridized carbons (Fsp3) is 0.286. The van der Waals surface area contributed by atoms with E-state index in [0.29, 0.717) is 11.9 Å². The number of para-hydroxylation sites is 1. The molecule has 0 aliphatic carbocycles. The van der Waals surface area contributed by atoms with Crippen molar-refractivity contribution in [3.8, 4) is 0 Å². The molecule has 1 aromatic heterocycles. The van der Waals surface area contributed by atoms with Crippen molar-refractivity contribution in [2.75, 3.05) is 25.5 Å². The molecule has 138 valence electrons. The number of benzene rings is 2. The number of nitrogens with one attached hydrogen (secondary N) is 1. The standard InChI is InChI=1S/C21H22N4O2/c1-25-12-10-14(11-13-25)19-17-4-2-3-5-18(17)23-21(24-19)22-16-8-6-15(7-9-16)20(26)27/h2-9,14H,10-13H2,1H3,(H,26,27)(H,22,23,24). The molecule has 1 saturated heterocycles. The second kappa shape index (κ2) is 7.32. The Morgan fingerprint density at radius 2 is 1.78 bits per heavy atom. The Labute approximate surface area is 157 Å². The number of hydrogen-bond acceptors (Lipinski definition) is 5. The van der Waals surface area contributed by atoms with Crippen LogP contribution < -0.4 is 5.32 Å². The Morgan fingerprint density at radius 3 is 2.48 bits per heavy atom. The van der Waals surface area contributed by atoms with Crippen LogP contribution in [0.25, 0.3) is 10.9 Å².